The van der Waals surface area contributed by atoms with Gasteiger partial charge in [-0.2, -0.15) is 0 Å². The number of fused-ring (bicyclic) bond motifs is 1. The second kappa shape index (κ2) is 5.30. The van der Waals surface area contributed by atoms with Crippen LogP contribution in [0.15, 0.2) is 18.3 Å². The maximum atomic E-state index is 11.8. The van der Waals surface area contributed by atoms with Gasteiger partial charge >= 0.3 is 0 Å². The zero-order valence-electron chi connectivity index (χ0n) is 9.16. The van der Waals surface area contributed by atoms with E-state index in [1.54, 1.807) is 0 Å². The fourth-order valence-electron chi connectivity index (χ4n) is 1.95. The summed E-state index contributed by atoms with van der Waals surface area (Å²) >= 11 is 5.58. The lowest BCUT2D eigenvalue weighted by Gasteiger charge is -2.28. The summed E-state index contributed by atoms with van der Waals surface area (Å²) in [4.78, 5) is 18.0. The van der Waals surface area contributed by atoms with Crippen LogP contribution < -0.4 is 0 Å². The van der Waals surface area contributed by atoms with E-state index in [0.29, 0.717) is 18.8 Å². The van der Waals surface area contributed by atoms with Gasteiger partial charge in [0.2, 0.25) is 5.91 Å². The number of pyridine rings is 1. The fourth-order valence-corrected chi connectivity index (χ4v) is 2.09. The van der Waals surface area contributed by atoms with E-state index in [9.17, 15) is 4.79 Å². The standard InChI is InChI=1S/C12H15ClN2O/c13-6-1-4-12(16)15-8-5-11-10(9-15)3-2-7-14-11/h2-3,7H,1,4-6,8-9H2. The van der Waals surface area contributed by atoms with Gasteiger partial charge < -0.3 is 4.90 Å². The van der Waals surface area contributed by atoms with Gasteiger partial charge in [0.15, 0.2) is 0 Å². The van der Waals surface area contributed by atoms with Crippen LogP contribution in [-0.2, 0) is 17.8 Å². The third-order valence-electron chi connectivity index (χ3n) is 2.84. The molecule has 0 unspecified atom stereocenters. The Morgan fingerprint density at radius 3 is 3.25 bits per heavy atom. The molecule has 0 aliphatic carbocycles. The van der Waals surface area contributed by atoms with E-state index in [1.807, 2.05) is 23.2 Å². The van der Waals surface area contributed by atoms with Gasteiger partial charge in [0.05, 0.1) is 0 Å². The molecule has 3 nitrogen and oxygen atoms in total. The molecule has 1 aliphatic heterocycles. The molecule has 0 atom stereocenters. The Bertz CT molecular complexity index is 381. The van der Waals surface area contributed by atoms with Crippen molar-refractivity contribution in [3.05, 3.63) is 29.6 Å². The van der Waals surface area contributed by atoms with Gasteiger partial charge in [-0.1, -0.05) is 6.07 Å². The molecule has 86 valence electrons. The summed E-state index contributed by atoms with van der Waals surface area (Å²) in [5.74, 6) is 0.757. The molecule has 1 aliphatic rings. The van der Waals surface area contributed by atoms with Crippen molar-refractivity contribution >= 4 is 17.5 Å². The van der Waals surface area contributed by atoms with Gasteiger partial charge in [-0.05, 0) is 18.1 Å². The first-order valence-electron chi connectivity index (χ1n) is 5.58. The van der Waals surface area contributed by atoms with E-state index in [-0.39, 0.29) is 5.91 Å². The van der Waals surface area contributed by atoms with Crippen molar-refractivity contribution in [1.29, 1.82) is 0 Å². The molecule has 16 heavy (non-hydrogen) atoms. The highest BCUT2D eigenvalue weighted by molar-refractivity contribution is 6.17. The van der Waals surface area contributed by atoms with E-state index < -0.39 is 0 Å². The number of hydrogen-bond donors (Lipinski definition) is 0. The van der Waals surface area contributed by atoms with Crippen LogP contribution in [0.5, 0.6) is 0 Å². The smallest absolute Gasteiger partial charge is 0.222 e. The summed E-state index contributed by atoms with van der Waals surface area (Å²) in [7, 11) is 0. The number of amides is 1. The summed E-state index contributed by atoms with van der Waals surface area (Å²) < 4.78 is 0. The molecule has 0 aromatic carbocycles. The topological polar surface area (TPSA) is 33.2 Å². The Morgan fingerprint density at radius 1 is 1.56 bits per heavy atom. The van der Waals surface area contributed by atoms with Crippen molar-refractivity contribution in [2.24, 2.45) is 0 Å². The van der Waals surface area contributed by atoms with E-state index in [4.69, 9.17) is 11.6 Å². The second-order valence-corrected chi connectivity index (χ2v) is 4.35. The number of carbonyl (C=O) groups is 1. The minimum atomic E-state index is 0.204. The molecule has 0 saturated heterocycles. The summed E-state index contributed by atoms with van der Waals surface area (Å²) in [5.41, 5.74) is 2.30. The lowest BCUT2D eigenvalue weighted by molar-refractivity contribution is -0.132. The lowest BCUT2D eigenvalue weighted by Crippen LogP contribution is -2.36. The quantitative estimate of drug-likeness (QED) is 0.755. The van der Waals surface area contributed by atoms with Gasteiger partial charge in [0, 0.05) is 43.7 Å². The highest BCUT2D eigenvalue weighted by Crippen LogP contribution is 2.17. The number of halogens is 1. The molecular formula is C12H15ClN2O. The predicted octanol–water partition coefficient (Wildman–Crippen LogP) is 1.99. The van der Waals surface area contributed by atoms with Crippen LogP contribution in [0.4, 0.5) is 0 Å². The van der Waals surface area contributed by atoms with Gasteiger partial charge in [-0.15, -0.1) is 11.6 Å². The van der Waals surface area contributed by atoms with Gasteiger partial charge in [0.25, 0.3) is 0 Å². The normalized spacial score (nSPS) is 14.7. The Kier molecular flexibility index (Phi) is 3.78. The minimum Gasteiger partial charge on any atom is -0.338 e. The first kappa shape index (κ1) is 11.4. The van der Waals surface area contributed by atoms with Crippen LogP contribution in [0.3, 0.4) is 0 Å². The molecule has 0 saturated carbocycles. The maximum absolute atomic E-state index is 11.8. The molecule has 2 rings (SSSR count). The monoisotopic (exact) mass is 238 g/mol. The van der Waals surface area contributed by atoms with Gasteiger partial charge in [-0.25, -0.2) is 0 Å². The Balaban J connectivity index is 1.99. The summed E-state index contributed by atoms with van der Waals surface area (Å²) in [6.45, 7) is 1.48. The molecular weight excluding hydrogens is 224 g/mol. The SMILES string of the molecule is O=C(CCCCl)N1CCc2ncccc2C1. The molecule has 2 heterocycles. The van der Waals surface area contributed by atoms with E-state index in [2.05, 4.69) is 4.98 Å². The van der Waals surface area contributed by atoms with Crippen molar-refractivity contribution in [2.45, 2.75) is 25.8 Å². The Morgan fingerprint density at radius 2 is 2.44 bits per heavy atom. The van der Waals surface area contributed by atoms with Crippen molar-refractivity contribution < 1.29 is 4.79 Å². The number of nitrogens with zero attached hydrogens (tertiary/aromatic N) is 2. The van der Waals surface area contributed by atoms with E-state index >= 15 is 0 Å². The molecule has 0 radical (unpaired) electrons. The summed E-state index contributed by atoms with van der Waals surface area (Å²) in [5, 5.41) is 0. The van der Waals surface area contributed by atoms with Crippen LogP contribution in [-0.4, -0.2) is 28.2 Å². The summed E-state index contributed by atoms with van der Waals surface area (Å²) in [6, 6.07) is 3.97. The number of alkyl halides is 1. The molecule has 0 fully saturated rings. The Hall–Kier alpha value is -1.09. The minimum absolute atomic E-state index is 0.204. The van der Waals surface area contributed by atoms with Crippen LogP contribution in [0.1, 0.15) is 24.1 Å². The molecule has 4 heteroatoms. The number of rotatable bonds is 3. The van der Waals surface area contributed by atoms with Crippen molar-refractivity contribution in [2.75, 3.05) is 12.4 Å². The van der Waals surface area contributed by atoms with Gasteiger partial charge in [-0.3, -0.25) is 9.78 Å². The molecule has 0 N–H and O–H groups in total. The third kappa shape index (κ3) is 2.53. The van der Waals surface area contributed by atoms with Gasteiger partial charge in [0.1, 0.15) is 0 Å². The van der Waals surface area contributed by atoms with Crippen molar-refractivity contribution in [3.63, 3.8) is 0 Å². The maximum Gasteiger partial charge on any atom is 0.222 e. The first-order chi connectivity index (χ1) is 7.81. The zero-order valence-corrected chi connectivity index (χ0v) is 9.91. The molecule has 0 bridgehead atoms. The average Bonchev–Trinajstić information content (AvgIpc) is 2.35. The summed E-state index contributed by atoms with van der Waals surface area (Å²) in [6.07, 6.45) is 3.99. The zero-order chi connectivity index (χ0) is 11.4. The lowest BCUT2D eigenvalue weighted by atomic mass is 10.1. The average molecular weight is 239 g/mol. The van der Waals surface area contributed by atoms with Crippen LogP contribution in [0.2, 0.25) is 0 Å². The largest absolute Gasteiger partial charge is 0.338 e. The predicted molar refractivity (Wildman–Crippen MR) is 63.3 cm³/mol. The second-order valence-electron chi connectivity index (χ2n) is 3.97. The fraction of sp³-hybridized carbons (Fsp3) is 0.500. The highest BCUT2D eigenvalue weighted by Gasteiger charge is 2.20. The molecule has 1 aromatic heterocycles. The Labute approximate surface area is 100 Å². The van der Waals surface area contributed by atoms with E-state index in [1.165, 1.54) is 5.56 Å². The van der Waals surface area contributed by atoms with Crippen molar-refractivity contribution in [1.82, 2.24) is 9.88 Å². The molecule has 1 aromatic rings. The first-order valence-corrected chi connectivity index (χ1v) is 6.11. The number of hydrogen-bond acceptors (Lipinski definition) is 2. The van der Waals surface area contributed by atoms with Crippen LogP contribution >= 0.6 is 11.6 Å². The van der Waals surface area contributed by atoms with E-state index in [0.717, 1.165) is 25.1 Å². The number of aromatic nitrogens is 1. The van der Waals surface area contributed by atoms with Crippen LogP contribution in [0.25, 0.3) is 0 Å². The highest BCUT2D eigenvalue weighted by atomic mass is 35.5. The number of carbonyl (C=O) groups excluding carboxylic acids is 1. The van der Waals surface area contributed by atoms with Crippen LogP contribution in [0, 0.1) is 0 Å². The third-order valence-corrected chi connectivity index (χ3v) is 3.11. The molecule has 1 amide bonds. The molecule has 0 spiro atoms. The van der Waals surface area contributed by atoms with Crippen molar-refractivity contribution in [3.8, 4) is 0 Å².